The van der Waals surface area contributed by atoms with E-state index in [2.05, 4.69) is 10.9 Å². The molecule has 0 spiro atoms. The lowest BCUT2D eigenvalue weighted by molar-refractivity contribution is -0.150. The van der Waals surface area contributed by atoms with Crippen LogP contribution in [-0.2, 0) is 14.3 Å². The molecule has 1 aromatic carbocycles. The highest BCUT2D eigenvalue weighted by Gasteiger charge is 2.12. The second-order valence-corrected chi connectivity index (χ2v) is 4.58. The molecule has 2 amide bonds. The van der Waals surface area contributed by atoms with Gasteiger partial charge in [0.25, 0.3) is 5.91 Å². The number of carbonyl (C=O) groups excluding carboxylic acids is 3. The van der Waals surface area contributed by atoms with Gasteiger partial charge >= 0.3 is 11.9 Å². The fourth-order valence-electron chi connectivity index (χ4n) is 1.69. The predicted molar refractivity (Wildman–Crippen MR) is 83.8 cm³/mol. The summed E-state index contributed by atoms with van der Waals surface area (Å²) in [5.74, 6) is -1.23. The highest BCUT2D eigenvalue weighted by atomic mass is 16.6. The summed E-state index contributed by atoms with van der Waals surface area (Å²) in [6, 6.07) is 9.74. The van der Waals surface area contributed by atoms with Crippen LogP contribution in [0.4, 0.5) is 0 Å². The lowest BCUT2D eigenvalue weighted by Gasteiger charge is -2.10. The number of carbonyl (C=O) groups is 3. The van der Waals surface area contributed by atoms with Crippen molar-refractivity contribution < 1.29 is 33.0 Å². The largest absolute Gasteiger partial charge is 0.493 e. The fourth-order valence-corrected chi connectivity index (χ4v) is 1.69. The summed E-state index contributed by atoms with van der Waals surface area (Å²) in [5, 5.41) is 0. The normalized spacial score (nSPS) is 9.80. The van der Waals surface area contributed by atoms with Crippen molar-refractivity contribution in [3.8, 4) is 11.5 Å². The molecule has 2 N–H and O–H groups in total. The molecule has 0 fully saturated rings. The van der Waals surface area contributed by atoms with Gasteiger partial charge in [-0.3, -0.25) is 20.4 Å². The van der Waals surface area contributed by atoms with E-state index in [9.17, 15) is 14.4 Å². The number of nitrogens with one attached hydrogen (secondary N) is 2. The van der Waals surface area contributed by atoms with E-state index in [4.69, 9.17) is 18.6 Å². The maximum atomic E-state index is 11.6. The van der Waals surface area contributed by atoms with E-state index in [0.29, 0.717) is 11.5 Å². The standard InChI is InChI=1S/C16H16N2O7/c1-22-11-5-2-3-6-12(11)24-10-15(20)25-9-14(19)17-18-16(21)13-7-4-8-23-13/h2-8H,9-10H2,1H3,(H,17,19)(H,18,21). The topological polar surface area (TPSA) is 116 Å². The Hall–Kier alpha value is -3.49. The van der Waals surface area contributed by atoms with Gasteiger partial charge in [-0.25, -0.2) is 4.79 Å². The molecule has 1 heterocycles. The van der Waals surface area contributed by atoms with Crippen LogP contribution >= 0.6 is 0 Å². The van der Waals surface area contributed by atoms with Crippen molar-refractivity contribution >= 4 is 17.8 Å². The first-order valence-corrected chi connectivity index (χ1v) is 7.14. The van der Waals surface area contributed by atoms with Crippen molar-refractivity contribution in [2.75, 3.05) is 20.3 Å². The van der Waals surface area contributed by atoms with Crippen LogP contribution in [0.1, 0.15) is 10.6 Å². The van der Waals surface area contributed by atoms with Gasteiger partial charge in [-0.15, -0.1) is 0 Å². The van der Waals surface area contributed by atoms with Crippen molar-refractivity contribution in [2.45, 2.75) is 0 Å². The van der Waals surface area contributed by atoms with E-state index < -0.39 is 31.0 Å². The zero-order chi connectivity index (χ0) is 18.1. The zero-order valence-corrected chi connectivity index (χ0v) is 13.3. The second-order valence-electron chi connectivity index (χ2n) is 4.58. The van der Waals surface area contributed by atoms with Crippen LogP contribution in [0.2, 0.25) is 0 Å². The molecular weight excluding hydrogens is 332 g/mol. The molecule has 0 aliphatic heterocycles. The Bertz CT molecular complexity index is 728. The maximum Gasteiger partial charge on any atom is 0.344 e. The van der Waals surface area contributed by atoms with Crippen LogP contribution in [0, 0.1) is 0 Å². The van der Waals surface area contributed by atoms with Crippen molar-refractivity contribution in [1.29, 1.82) is 0 Å². The number of ether oxygens (including phenoxy) is 3. The molecule has 9 heteroatoms. The molecule has 2 aromatic rings. The van der Waals surface area contributed by atoms with Gasteiger partial charge in [0.15, 0.2) is 30.5 Å². The molecule has 0 aliphatic rings. The quantitative estimate of drug-likeness (QED) is 0.558. The lowest BCUT2D eigenvalue weighted by atomic mass is 10.3. The number of amides is 2. The molecule has 0 bridgehead atoms. The van der Waals surface area contributed by atoms with Gasteiger partial charge in [-0.1, -0.05) is 12.1 Å². The van der Waals surface area contributed by atoms with Gasteiger partial charge in [-0.2, -0.15) is 0 Å². The van der Waals surface area contributed by atoms with E-state index in [1.807, 2.05) is 0 Å². The third kappa shape index (κ3) is 5.57. The zero-order valence-electron chi connectivity index (χ0n) is 13.3. The van der Waals surface area contributed by atoms with Crippen molar-refractivity contribution in [1.82, 2.24) is 10.9 Å². The maximum absolute atomic E-state index is 11.6. The van der Waals surface area contributed by atoms with E-state index in [1.54, 1.807) is 24.3 Å². The van der Waals surface area contributed by atoms with Crippen molar-refractivity contribution in [3.05, 3.63) is 48.4 Å². The van der Waals surface area contributed by atoms with Crippen molar-refractivity contribution in [3.63, 3.8) is 0 Å². The number of methoxy groups -OCH3 is 1. The lowest BCUT2D eigenvalue weighted by Crippen LogP contribution is -2.43. The van der Waals surface area contributed by atoms with Crippen LogP contribution < -0.4 is 20.3 Å². The molecular formula is C16H16N2O7. The number of para-hydroxylation sites is 2. The Kier molecular flexibility index (Phi) is 6.40. The number of esters is 1. The molecule has 0 aliphatic carbocycles. The second kappa shape index (κ2) is 8.96. The van der Waals surface area contributed by atoms with E-state index in [0.717, 1.165) is 0 Å². The highest BCUT2D eigenvalue weighted by Crippen LogP contribution is 2.25. The third-order valence-electron chi connectivity index (χ3n) is 2.84. The van der Waals surface area contributed by atoms with E-state index >= 15 is 0 Å². The molecule has 1 aromatic heterocycles. The summed E-state index contributed by atoms with van der Waals surface area (Å²) >= 11 is 0. The average Bonchev–Trinajstić information content (AvgIpc) is 3.17. The molecule has 0 radical (unpaired) electrons. The number of hydrogen-bond acceptors (Lipinski definition) is 7. The minimum Gasteiger partial charge on any atom is -0.493 e. The first-order chi connectivity index (χ1) is 12.1. The summed E-state index contributed by atoms with van der Waals surface area (Å²) in [4.78, 5) is 34.6. The molecule has 0 saturated heterocycles. The number of furan rings is 1. The third-order valence-corrected chi connectivity index (χ3v) is 2.84. The van der Waals surface area contributed by atoms with Crippen LogP contribution in [0.15, 0.2) is 47.1 Å². The van der Waals surface area contributed by atoms with E-state index in [-0.39, 0.29) is 5.76 Å². The molecule has 0 saturated carbocycles. The summed E-state index contributed by atoms with van der Waals surface area (Å²) in [7, 11) is 1.47. The van der Waals surface area contributed by atoms with Gasteiger partial charge in [0.1, 0.15) is 0 Å². The van der Waals surface area contributed by atoms with Gasteiger partial charge in [0.2, 0.25) is 0 Å². The number of hydrazine groups is 1. The Morgan fingerprint density at radius 2 is 1.76 bits per heavy atom. The highest BCUT2D eigenvalue weighted by molar-refractivity contribution is 5.93. The fraction of sp³-hybridized carbons (Fsp3) is 0.188. The van der Waals surface area contributed by atoms with Gasteiger partial charge in [0.05, 0.1) is 13.4 Å². The Balaban J connectivity index is 1.67. The predicted octanol–water partition coefficient (Wildman–Crippen LogP) is 0.671. The Labute approximate surface area is 142 Å². The minimum absolute atomic E-state index is 0.0301. The van der Waals surface area contributed by atoms with Crippen molar-refractivity contribution in [2.24, 2.45) is 0 Å². The van der Waals surface area contributed by atoms with E-state index in [1.165, 1.54) is 25.5 Å². The molecule has 0 atom stereocenters. The Morgan fingerprint density at radius 1 is 1.00 bits per heavy atom. The number of benzene rings is 1. The first-order valence-electron chi connectivity index (χ1n) is 7.14. The van der Waals surface area contributed by atoms with Gasteiger partial charge < -0.3 is 18.6 Å². The number of rotatable bonds is 7. The minimum atomic E-state index is -0.751. The summed E-state index contributed by atoms with van der Waals surface area (Å²) in [6.07, 6.45) is 1.32. The van der Waals surface area contributed by atoms with Gasteiger partial charge in [0, 0.05) is 0 Å². The molecule has 132 valence electrons. The van der Waals surface area contributed by atoms with Crippen LogP contribution in [-0.4, -0.2) is 38.1 Å². The molecule has 2 rings (SSSR count). The first kappa shape index (κ1) is 17.9. The van der Waals surface area contributed by atoms with Crippen LogP contribution in [0.5, 0.6) is 11.5 Å². The Morgan fingerprint density at radius 3 is 2.44 bits per heavy atom. The summed E-state index contributed by atoms with van der Waals surface area (Å²) < 4.78 is 19.9. The van der Waals surface area contributed by atoms with Crippen LogP contribution in [0.3, 0.4) is 0 Å². The molecule has 25 heavy (non-hydrogen) atoms. The summed E-state index contributed by atoms with van der Waals surface area (Å²) in [6.45, 7) is -0.973. The SMILES string of the molecule is COc1ccccc1OCC(=O)OCC(=O)NNC(=O)c1ccco1. The molecule has 0 unspecified atom stereocenters. The monoisotopic (exact) mass is 348 g/mol. The van der Waals surface area contributed by atoms with Crippen LogP contribution in [0.25, 0.3) is 0 Å². The molecule has 9 nitrogen and oxygen atoms in total. The summed E-state index contributed by atoms with van der Waals surface area (Å²) in [5.41, 5.74) is 4.19. The average molecular weight is 348 g/mol. The van der Waals surface area contributed by atoms with Gasteiger partial charge in [-0.05, 0) is 24.3 Å². The number of hydrogen-bond donors (Lipinski definition) is 2. The smallest absolute Gasteiger partial charge is 0.344 e.